The SMILES string of the molecule is CC1=CC(C)CC(C2CN=C(N)N2CC2CC2)C1. The van der Waals surface area contributed by atoms with Gasteiger partial charge in [-0.3, -0.25) is 4.99 Å². The molecule has 0 aromatic rings. The van der Waals surface area contributed by atoms with E-state index >= 15 is 0 Å². The van der Waals surface area contributed by atoms with E-state index in [4.69, 9.17) is 5.73 Å². The smallest absolute Gasteiger partial charge is 0.191 e. The van der Waals surface area contributed by atoms with Gasteiger partial charge in [0.15, 0.2) is 5.96 Å². The third kappa shape index (κ3) is 2.40. The fourth-order valence-electron chi connectivity index (χ4n) is 3.65. The van der Waals surface area contributed by atoms with E-state index in [1.54, 1.807) is 5.57 Å². The first-order valence-corrected chi connectivity index (χ1v) is 7.37. The minimum Gasteiger partial charge on any atom is -0.370 e. The number of nitrogens with zero attached hydrogens (tertiary/aromatic N) is 2. The van der Waals surface area contributed by atoms with Crippen LogP contribution < -0.4 is 5.73 Å². The van der Waals surface area contributed by atoms with Crippen LogP contribution in [0.15, 0.2) is 16.6 Å². The average Bonchev–Trinajstić information content (AvgIpc) is 3.03. The lowest BCUT2D eigenvalue weighted by molar-refractivity contribution is 0.213. The highest BCUT2D eigenvalue weighted by Crippen LogP contribution is 2.36. The topological polar surface area (TPSA) is 41.6 Å². The maximum Gasteiger partial charge on any atom is 0.191 e. The molecule has 3 unspecified atom stereocenters. The van der Waals surface area contributed by atoms with E-state index in [-0.39, 0.29) is 0 Å². The lowest BCUT2D eigenvalue weighted by Crippen LogP contribution is -2.46. The highest BCUT2D eigenvalue weighted by Gasteiger charge is 2.37. The minimum atomic E-state index is 0.566. The Kier molecular flexibility index (Phi) is 3.08. The van der Waals surface area contributed by atoms with Crippen LogP contribution in [-0.2, 0) is 0 Å². The number of rotatable bonds is 3. The highest BCUT2D eigenvalue weighted by atomic mass is 15.3. The molecule has 0 bridgehead atoms. The molecule has 0 aromatic heterocycles. The van der Waals surface area contributed by atoms with Crippen LogP contribution in [0, 0.1) is 17.8 Å². The number of hydrogen-bond acceptors (Lipinski definition) is 3. The van der Waals surface area contributed by atoms with Gasteiger partial charge in [-0.2, -0.15) is 0 Å². The van der Waals surface area contributed by atoms with Gasteiger partial charge in [-0.15, -0.1) is 0 Å². The summed E-state index contributed by atoms with van der Waals surface area (Å²) in [5.74, 6) is 3.14. The molecule has 3 atom stereocenters. The van der Waals surface area contributed by atoms with Gasteiger partial charge in [-0.05, 0) is 50.4 Å². The Hall–Kier alpha value is -0.990. The first-order valence-electron chi connectivity index (χ1n) is 7.37. The van der Waals surface area contributed by atoms with Crippen molar-refractivity contribution in [1.82, 2.24) is 4.90 Å². The van der Waals surface area contributed by atoms with Crippen LogP contribution in [0.2, 0.25) is 0 Å². The predicted molar refractivity (Wildman–Crippen MR) is 75.4 cm³/mol. The van der Waals surface area contributed by atoms with E-state index < -0.39 is 0 Å². The zero-order valence-electron chi connectivity index (χ0n) is 11.6. The number of allylic oxidation sites excluding steroid dienone is 2. The molecule has 1 fully saturated rings. The Balaban J connectivity index is 1.69. The van der Waals surface area contributed by atoms with Crippen LogP contribution >= 0.6 is 0 Å². The van der Waals surface area contributed by atoms with Crippen molar-refractivity contribution in [2.75, 3.05) is 13.1 Å². The Morgan fingerprint density at radius 2 is 2.22 bits per heavy atom. The Labute approximate surface area is 110 Å². The van der Waals surface area contributed by atoms with Gasteiger partial charge >= 0.3 is 0 Å². The maximum atomic E-state index is 6.08. The molecule has 0 aromatic carbocycles. The van der Waals surface area contributed by atoms with E-state index in [0.717, 1.165) is 30.9 Å². The monoisotopic (exact) mass is 247 g/mol. The van der Waals surface area contributed by atoms with Crippen molar-refractivity contribution in [3.05, 3.63) is 11.6 Å². The molecule has 0 saturated heterocycles. The van der Waals surface area contributed by atoms with E-state index in [2.05, 4.69) is 29.8 Å². The van der Waals surface area contributed by atoms with Gasteiger partial charge in [0.2, 0.25) is 0 Å². The Morgan fingerprint density at radius 1 is 1.44 bits per heavy atom. The van der Waals surface area contributed by atoms with Crippen molar-refractivity contribution in [3.63, 3.8) is 0 Å². The van der Waals surface area contributed by atoms with Crippen LogP contribution in [0.4, 0.5) is 0 Å². The molecule has 3 nitrogen and oxygen atoms in total. The molecule has 0 radical (unpaired) electrons. The molecule has 1 heterocycles. The van der Waals surface area contributed by atoms with Crippen molar-refractivity contribution in [3.8, 4) is 0 Å². The third-order valence-corrected chi connectivity index (χ3v) is 4.66. The van der Waals surface area contributed by atoms with Gasteiger partial charge in [0, 0.05) is 6.54 Å². The van der Waals surface area contributed by atoms with Crippen LogP contribution in [0.3, 0.4) is 0 Å². The van der Waals surface area contributed by atoms with E-state index in [1.807, 2.05) is 0 Å². The van der Waals surface area contributed by atoms with Crippen molar-refractivity contribution in [2.24, 2.45) is 28.5 Å². The van der Waals surface area contributed by atoms with E-state index in [9.17, 15) is 0 Å². The summed E-state index contributed by atoms with van der Waals surface area (Å²) in [6, 6.07) is 0.566. The first kappa shape index (κ1) is 12.1. The molecule has 1 saturated carbocycles. The summed E-state index contributed by atoms with van der Waals surface area (Å²) in [4.78, 5) is 6.92. The largest absolute Gasteiger partial charge is 0.370 e. The lowest BCUT2D eigenvalue weighted by atomic mass is 9.79. The van der Waals surface area contributed by atoms with Gasteiger partial charge in [0.1, 0.15) is 0 Å². The summed E-state index contributed by atoms with van der Waals surface area (Å²) in [5.41, 5.74) is 7.63. The molecule has 3 heteroatoms. The molecule has 3 rings (SSSR count). The molecule has 3 aliphatic rings. The van der Waals surface area contributed by atoms with Crippen molar-refractivity contribution >= 4 is 5.96 Å². The molecule has 2 N–H and O–H groups in total. The highest BCUT2D eigenvalue weighted by molar-refractivity contribution is 5.80. The van der Waals surface area contributed by atoms with Gasteiger partial charge in [0.05, 0.1) is 12.6 Å². The van der Waals surface area contributed by atoms with Crippen LogP contribution in [0.1, 0.15) is 39.5 Å². The zero-order valence-corrected chi connectivity index (χ0v) is 11.6. The quantitative estimate of drug-likeness (QED) is 0.778. The number of nitrogens with two attached hydrogens (primary N) is 1. The fourth-order valence-corrected chi connectivity index (χ4v) is 3.65. The zero-order chi connectivity index (χ0) is 12.7. The molecular formula is C15H25N3. The third-order valence-electron chi connectivity index (χ3n) is 4.66. The summed E-state index contributed by atoms with van der Waals surface area (Å²) in [6.07, 6.45) is 7.73. The molecule has 18 heavy (non-hydrogen) atoms. The van der Waals surface area contributed by atoms with Gasteiger partial charge in [-0.25, -0.2) is 0 Å². The van der Waals surface area contributed by atoms with Gasteiger partial charge in [0.25, 0.3) is 0 Å². The second-order valence-corrected chi connectivity index (χ2v) is 6.55. The molecule has 2 aliphatic carbocycles. The normalized spacial score (nSPS) is 36.6. The van der Waals surface area contributed by atoms with Crippen LogP contribution in [-0.4, -0.2) is 30.0 Å². The standard InChI is InChI=1S/C15H25N3/c1-10-5-11(2)7-13(6-10)14-8-17-15(16)18(14)9-12-3-4-12/h5,10,12-14H,3-4,6-9H2,1-2H3,(H2,16,17). The summed E-state index contributed by atoms with van der Waals surface area (Å²) in [7, 11) is 0. The number of hydrogen-bond donors (Lipinski definition) is 1. The summed E-state index contributed by atoms with van der Waals surface area (Å²) < 4.78 is 0. The second-order valence-electron chi connectivity index (χ2n) is 6.55. The fraction of sp³-hybridized carbons (Fsp3) is 0.800. The number of guanidine groups is 1. The van der Waals surface area contributed by atoms with Crippen molar-refractivity contribution in [1.29, 1.82) is 0 Å². The second kappa shape index (κ2) is 4.60. The van der Waals surface area contributed by atoms with Crippen molar-refractivity contribution in [2.45, 2.75) is 45.6 Å². The summed E-state index contributed by atoms with van der Waals surface area (Å²) >= 11 is 0. The van der Waals surface area contributed by atoms with Gasteiger partial charge < -0.3 is 10.6 Å². The van der Waals surface area contributed by atoms with Gasteiger partial charge in [-0.1, -0.05) is 18.6 Å². The van der Waals surface area contributed by atoms with E-state index in [1.165, 1.54) is 25.7 Å². The Bertz CT molecular complexity index is 381. The average molecular weight is 247 g/mol. The Morgan fingerprint density at radius 3 is 2.89 bits per heavy atom. The predicted octanol–water partition coefficient (Wildman–Crippen LogP) is 2.39. The first-order chi connectivity index (χ1) is 8.63. The summed E-state index contributed by atoms with van der Waals surface area (Å²) in [6.45, 7) is 6.67. The molecular weight excluding hydrogens is 222 g/mol. The van der Waals surface area contributed by atoms with Crippen molar-refractivity contribution < 1.29 is 0 Å². The number of aliphatic imine (C=N–C) groups is 1. The maximum absolute atomic E-state index is 6.08. The molecule has 100 valence electrons. The minimum absolute atomic E-state index is 0.566. The lowest BCUT2D eigenvalue weighted by Gasteiger charge is -2.36. The molecule has 1 aliphatic heterocycles. The van der Waals surface area contributed by atoms with E-state index in [0.29, 0.717) is 12.0 Å². The van der Waals surface area contributed by atoms with Crippen LogP contribution in [0.5, 0.6) is 0 Å². The molecule has 0 spiro atoms. The summed E-state index contributed by atoms with van der Waals surface area (Å²) in [5, 5.41) is 0. The van der Waals surface area contributed by atoms with Crippen LogP contribution in [0.25, 0.3) is 0 Å². The molecule has 0 amide bonds.